The van der Waals surface area contributed by atoms with Gasteiger partial charge in [-0.15, -0.1) is 0 Å². The fraction of sp³-hybridized carbons (Fsp3) is 0.375. The second-order valence-corrected chi connectivity index (χ2v) is 2.74. The van der Waals surface area contributed by atoms with Gasteiger partial charge in [-0.3, -0.25) is 9.48 Å². The number of rotatable bonds is 4. The smallest absolute Gasteiger partial charge is 0.341 e. The minimum absolute atomic E-state index is 0.119. The molecule has 3 N–H and O–H groups in total. The van der Waals surface area contributed by atoms with Crippen molar-refractivity contribution in [2.24, 2.45) is 0 Å². The number of nitrogen functional groups attached to an aromatic ring is 1. The summed E-state index contributed by atoms with van der Waals surface area (Å²) in [4.78, 5) is 21.6. The second kappa shape index (κ2) is 4.45. The van der Waals surface area contributed by atoms with E-state index in [1.54, 1.807) is 6.92 Å². The first-order valence-corrected chi connectivity index (χ1v) is 4.26. The highest BCUT2D eigenvalue weighted by atomic mass is 16.5. The summed E-state index contributed by atoms with van der Waals surface area (Å²) in [7, 11) is 0. The van der Waals surface area contributed by atoms with Crippen LogP contribution in [0.4, 0.5) is 5.82 Å². The van der Waals surface area contributed by atoms with Crippen LogP contribution in [0.25, 0.3) is 0 Å². The maximum atomic E-state index is 11.0. The molecule has 0 bridgehead atoms. The topological polar surface area (TPSA) is 107 Å². The number of carbonyl (C=O) groups is 2. The number of esters is 1. The highest BCUT2D eigenvalue weighted by molar-refractivity contribution is 5.92. The molecule has 0 fully saturated rings. The van der Waals surface area contributed by atoms with E-state index in [9.17, 15) is 9.59 Å². The highest BCUT2D eigenvalue weighted by Gasteiger charge is 2.14. The summed E-state index contributed by atoms with van der Waals surface area (Å²) < 4.78 is 5.80. The van der Waals surface area contributed by atoms with Crippen LogP contribution in [0.1, 0.15) is 17.3 Å². The van der Waals surface area contributed by atoms with Gasteiger partial charge in [0.05, 0.1) is 6.61 Å². The molecule has 1 aromatic heterocycles. The predicted molar refractivity (Wildman–Crippen MR) is 50.2 cm³/mol. The summed E-state index contributed by atoms with van der Waals surface area (Å²) in [6, 6.07) is 0. The number of ether oxygens (including phenoxy) is 1. The first-order chi connectivity index (χ1) is 7.04. The lowest BCUT2D eigenvalue weighted by Crippen LogP contribution is -2.13. The minimum Gasteiger partial charge on any atom is -0.477 e. The molecule has 0 saturated heterocycles. The molecule has 0 aromatic carbocycles. The van der Waals surface area contributed by atoms with E-state index in [1.807, 2.05) is 0 Å². The number of anilines is 1. The van der Waals surface area contributed by atoms with Crippen molar-refractivity contribution in [1.82, 2.24) is 9.78 Å². The molecule has 0 radical (unpaired) electrons. The first-order valence-electron chi connectivity index (χ1n) is 4.26. The molecule has 1 aromatic rings. The summed E-state index contributed by atoms with van der Waals surface area (Å²) in [6.45, 7) is 1.80. The number of aromatic carboxylic acids is 1. The summed E-state index contributed by atoms with van der Waals surface area (Å²) in [5, 5.41) is 12.3. The molecule has 1 rings (SSSR count). The number of nitrogens with zero attached hydrogens (tertiary/aromatic N) is 2. The van der Waals surface area contributed by atoms with Crippen LogP contribution in [-0.2, 0) is 16.1 Å². The monoisotopic (exact) mass is 213 g/mol. The molecule has 0 spiro atoms. The predicted octanol–water partition coefficient (Wildman–Crippen LogP) is -0.273. The third-order valence-corrected chi connectivity index (χ3v) is 1.62. The van der Waals surface area contributed by atoms with E-state index in [0.29, 0.717) is 0 Å². The third-order valence-electron chi connectivity index (χ3n) is 1.62. The van der Waals surface area contributed by atoms with Gasteiger partial charge in [0.1, 0.15) is 12.1 Å². The molecular formula is C8H11N3O4. The zero-order chi connectivity index (χ0) is 11.4. The Bertz CT molecular complexity index is 385. The van der Waals surface area contributed by atoms with Crippen molar-refractivity contribution in [3.63, 3.8) is 0 Å². The SMILES string of the molecule is CCOC(=O)Cn1cc(C(=O)O)c(N)n1. The molecule has 0 saturated carbocycles. The van der Waals surface area contributed by atoms with Crippen LogP contribution >= 0.6 is 0 Å². The fourth-order valence-electron chi connectivity index (χ4n) is 1.02. The molecule has 82 valence electrons. The van der Waals surface area contributed by atoms with Gasteiger partial charge in [-0.2, -0.15) is 5.10 Å². The molecule has 1 heterocycles. The molecule has 0 aliphatic carbocycles. The van der Waals surface area contributed by atoms with Gasteiger partial charge >= 0.3 is 11.9 Å². The molecular weight excluding hydrogens is 202 g/mol. The molecule has 0 atom stereocenters. The number of hydrogen-bond acceptors (Lipinski definition) is 5. The van der Waals surface area contributed by atoms with Crippen molar-refractivity contribution in [3.05, 3.63) is 11.8 Å². The van der Waals surface area contributed by atoms with Crippen LogP contribution in [0.2, 0.25) is 0 Å². The van der Waals surface area contributed by atoms with Gasteiger partial charge < -0.3 is 15.6 Å². The molecule has 0 aliphatic rings. The van der Waals surface area contributed by atoms with Crippen LogP contribution in [0.15, 0.2) is 6.20 Å². The van der Waals surface area contributed by atoms with Gasteiger partial charge in [-0.25, -0.2) is 4.79 Å². The minimum atomic E-state index is -1.18. The number of hydrogen-bond donors (Lipinski definition) is 2. The molecule has 0 unspecified atom stereocenters. The first kappa shape index (κ1) is 11.0. The van der Waals surface area contributed by atoms with Crippen LogP contribution in [0, 0.1) is 0 Å². The number of carbonyl (C=O) groups excluding carboxylic acids is 1. The Morgan fingerprint density at radius 1 is 1.67 bits per heavy atom. The van der Waals surface area contributed by atoms with Crippen LogP contribution in [0.3, 0.4) is 0 Å². The number of carboxylic acids is 1. The summed E-state index contributed by atoms with van der Waals surface area (Å²) in [6.07, 6.45) is 1.19. The number of nitrogens with two attached hydrogens (primary N) is 1. The zero-order valence-corrected chi connectivity index (χ0v) is 8.14. The quantitative estimate of drug-likeness (QED) is 0.666. The normalized spacial score (nSPS) is 9.93. The molecule has 0 amide bonds. The largest absolute Gasteiger partial charge is 0.477 e. The Hall–Kier alpha value is -2.05. The van der Waals surface area contributed by atoms with Crippen LogP contribution in [0.5, 0.6) is 0 Å². The molecule has 15 heavy (non-hydrogen) atoms. The lowest BCUT2D eigenvalue weighted by molar-refractivity contribution is -0.144. The van der Waals surface area contributed by atoms with E-state index in [0.717, 1.165) is 4.68 Å². The van der Waals surface area contributed by atoms with Gasteiger partial charge in [0.2, 0.25) is 0 Å². The molecule has 0 aliphatic heterocycles. The van der Waals surface area contributed by atoms with Crippen molar-refractivity contribution in [3.8, 4) is 0 Å². The maximum Gasteiger partial charge on any atom is 0.341 e. The Labute approximate surface area is 85.4 Å². The van der Waals surface area contributed by atoms with E-state index in [1.165, 1.54) is 6.20 Å². The maximum absolute atomic E-state index is 11.0. The van der Waals surface area contributed by atoms with Crippen molar-refractivity contribution in [2.45, 2.75) is 13.5 Å². The molecule has 7 heteroatoms. The Kier molecular flexibility index (Phi) is 3.27. The Morgan fingerprint density at radius 2 is 2.33 bits per heavy atom. The Balaban J connectivity index is 2.75. The summed E-state index contributed by atoms with van der Waals surface area (Å²) in [5.41, 5.74) is 5.20. The van der Waals surface area contributed by atoms with Gasteiger partial charge in [-0.1, -0.05) is 0 Å². The van der Waals surface area contributed by atoms with E-state index >= 15 is 0 Å². The van der Waals surface area contributed by atoms with Crippen molar-refractivity contribution in [1.29, 1.82) is 0 Å². The number of carboxylic acid groups (broad SMARTS) is 1. The Morgan fingerprint density at radius 3 is 2.80 bits per heavy atom. The van der Waals surface area contributed by atoms with Crippen molar-refractivity contribution < 1.29 is 19.4 Å². The lowest BCUT2D eigenvalue weighted by Gasteiger charge is -2.00. The number of aromatic nitrogens is 2. The van der Waals surface area contributed by atoms with Crippen LogP contribution in [-0.4, -0.2) is 33.4 Å². The lowest BCUT2D eigenvalue weighted by atomic mass is 10.3. The van der Waals surface area contributed by atoms with Gasteiger partial charge in [-0.05, 0) is 6.92 Å². The van der Waals surface area contributed by atoms with E-state index in [4.69, 9.17) is 10.8 Å². The average Bonchev–Trinajstić information content (AvgIpc) is 2.47. The van der Waals surface area contributed by atoms with Gasteiger partial charge in [0.25, 0.3) is 0 Å². The van der Waals surface area contributed by atoms with E-state index in [2.05, 4.69) is 9.84 Å². The zero-order valence-electron chi connectivity index (χ0n) is 8.14. The van der Waals surface area contributed by atoms with Gasteiger partial charge in [0.15, 0.2) is 5.82 Å². The fourth-order valence-corrected chi connectivity index (χ4v) is 1.02. The van der Waals surface area contributed by atoms with Gasteiger partial charge in [0, 0.05) is 6.20 Å². The third kappa shape index (κ3) is 2.70. The van der Waals surface area contributed by atoms with E-state index in [-0.39, 0.29) is 24.5 Å². The second-order valence-electron chi connectivity index (χ2n) is 2.74. The van der Waals surface area contributed by atoms with Crippen molar-refractivity contribution in [2.75, 3.05) is 12.3 Å². The highest BCUT2D eigenvalue weighted by Crippen LogP contribution is 2.08. The summed E-state index contributed by atoms with van der Waals surface area (Å²) in [5.74, 6) is -1.79. The van der Waals surface area contributed by atoms with Crippen molar-refractivity contribution >= 4 is 17.8 Å². The summed E-state index contributed by atoms with van der Waals surface area (Å²) >= 11 is 0. The standard InChI is InChI=1S/C8H11N3O4/c1-2-15-6(12)4-11-3-5(8(13)14)7(9)10-11/h3H,2,4H2,1H3,(H2,9,10)(H,13,14). The molecule has 7 nitrogen and oxygen atoms in total. The van der Waals surface area contributed by atoms with Crippen LogP contribution < -0.4 is 5.73 Å². The van der Waals surface area contributed by atoms with E-state index < -0.39 is 11.9 Å². The average molecular weight is 213 g/mol.